The number of nitrogens with two attached hydrogens (primary N) is 1. The molecule has 1 aliphatic heterocycles. The molecular weight excluding hydrogens is 256 g/mol. The second kappa shape index (κ2) is 7.09. The van der Waals surface area contributed by atoms with Crippen LogP contribution < -0.4 is 11.1 Å². The molecule has 0 unspecified atom stereocenters. The predicted octanol–water partition coefficient (Wildman–Crippen LogP) is 1.35. The van der Waals surface area contributed by atoms with Gasteiger partial charge in [-0.05, 0) is 32.0 Å². The molecule has 0 radical (unpaired) electrons. The Morgan fingerprint density at radius 1 is 1.45 bits per heavy atom. The molecule has 6 heteroatoms. The first-order valence-electron chi connectivity index (χ1n) is 7.01. The van der Waals surface area contributed by atoms with E-state index < -0.39 is 5.97 Å². The first-order valence-corrected chi connectivity index (χ1v) is 7.01. The van der Waals surface area contributed by atoms with Gasteiger partial charge in [0.1, 0.15) is 5.82 Å². The van der Waals surface area contributed by atoms with Gasteiger partial charge < -0.3 is 20.7 Å². The number of hydrogen-bond donors (Lipinski definition) is 2. The molecule has 2 heterocycles. The Kier molecular flexibility index (Phi) is 5.17. The zero-order valence-electron chi connectivity index (χ0n) is 11.9. The lowest BCUT2D eigenvalue weighted by Gasteiger charge is -2.26. The number of pyridine rings is 1. The monoisotopic (exact) mass is 278 g/mol. The SMILES string of the molecule is COC(=O)c1ccnc(NCCN2CCCCC2)c1N. The van der Waals surface area contributed by atoms with E-state index in [2.05, 4.69) is 19.9 Å². The van der Waals surface area contributed by atoms with Gasteiger partial charge in [0.2, 0.25) is 0 Å². The van der Waals surface area contributed by atoms with Gasteiger partial charge >= 0.3 is 5.97 Å². The van der Waals surface area contributed by atoms with Crippen LogP contribution in [0, 0.1) is 0 Å². The van der Waals surface area contributed by atoms with Gasteiger partial charge in [-0.1, -0.05) is 6.42 Å². The number of nitrogen functional groups attached to an aromatic ring is 1. The van der Waals surface area contributed by atoms with Crippen LogP contribution in [-0.2, 0) is 4.74 Å². The van der Waals surface area contributed by atoms with Crippen LogP contribution in [0.1, 0.15) is 29.6 Å². The summed E-state index contributed by atoms with van der Waals surface area (Å²) < 4.78 is 4.69. The van der Waals surface area contributed by atoms with E-state index in [0.29, 0.717) is 17.1 Å². The Hall–Kier alpha value is -1.82. The number of hydrogen-bond acceptors (Lipinski definition) is 6. The van der Waals surface area contributed by atoms with Crippen LogP contribution in [0.2, 0.25) is 0 Å². The normalized spacial score (nSPS) is 15.8. The number of rotatable bonds is 5. The number of methoxy groups -OCH3 is 1. The van der Waals surface area contributed by atoms with Gasteiger partial charge in [0.25, 0.3) is 0 Å². The minimum atomic E-state index is -0.441. The minimum Gasteiger partial charge on any atom is -0.465 e. The second-order valence-corrected chi connectivity index (χ2v) is 4.94. The molecule has 0 bridgehead atoms. The van der Waals surface area contributed by atoms with Crippen LogP contribution in [0.25, 0.3) is 0 Å². The summed E-state index contributed by atoms with van der Waals surface area (Å²) in [7, 11) is 1.34. The number of carbonyl (C=O) groups excluding carboxylic acids is 1. The van der Waals surface area contributed by atoms with Crippen LogP contribution in [0.3, 0.4) is 0 Å². The molecule has 0 aromatic carbocycles. The van der Waals surface area contributed by atoms with Gasteiger partial charge in [0.05, 0.1) is 18.4 Å². The summed E-state index contributed by atoms with van der Waals surface area (Å²) in [5.41, 5.74) is 6.63. The van der Waals surface area contributed by atoms with Crippen molar-refractivity contribution in [2.75, 3.05) is 44.3 Å². The quantitative estimate of drug-likeness (QED) is 0.791. The topological polar surface area (TPSA) is 80.5 Å². The van der Waals surface area contributed by atoms with Gasteiger partial charge in [-0.3, -0.25) is 0 Å². The summed E-state index contributed by atoms with van der Waals surface area (Å²) in [5, 5.41) is 3.19. The summed E-state index contributed by atoms with van der Waals surface area (Å²) in [5.74, 6) is 0.105. The van der Waals surface area contributed by atoms with Crippen LogP contribution in [-0.4, -0.2) is 49.1 Å². The molecule has 1 aromatic rings. The van der Waals surface area contributed by atoms with Gasteiger partial charge in [0, 0.05) is 19.3 Å². The standard InChI is InChI=1S/C14H22N4O2/c1-20-14(19)11-5-6-16-13(12(11)15)17-7-10-18-8-3-2-4-9-18/h5-6H,2-4,7-10,15H2,1H3,(H,16,17). The highest BCUT2D eigenvalue weighted by atomic mass is 16.5. The van der Waals surface area contributed by atoms with Crippen molar-refractivity contribution >= 4 is 17.5 Å². The van der Waals surface area contributed by atoms with Crippen LogP contribution in [0.4, 0.5) is 11.5 Å². The molecule has 1 saturated heterocycles. The van der Waals surface area contributed by atoms with Crippen molar-refractivity contribution < 1.29 is 9.53 Å². The van der Waals surface area contributed by atoms with E-state index in [1.54, 1.807) is 12.3 Å². The van der Waals surface area contributed by atoms with Gasteiger partial charge in [0.15, 0.2) is 0 Å². The van der Waals surface area contributed by atoms with Gasteiger partial charge in [-0.2, -0.15) is 0 Å². The molecule has 0 atom stereocenters. The van der Waals surface area contributed by atoms with E-state index in [0.717, 1.165) is 26.2 Å². The lowest BCUT2D eigenvalue weighted by Crippen LogP contribution is -2.33. The maximum absolute atomic E-state index is 11.5. The Labute approximate surface area is 119 Å². The summed E-state index contributed by atoms with van der Waals surface area (Å²) in [6, 6.07) is 1.57. The van der Waals surface area contributed by atoms with E-state index in [1.807, 2.05) is 0 Å². The van der Waals surface area contributed by atoms with E-state index >= 15 is 0 Å². The number of likely N-dealkylation sites (tertiary alicyclic amines) is 1. The first kappa shape index (κ1) is 14.6. The number of nitrogens with zero attached hydrogens (tertiary/aromatic N) is 2. The maximum atomic E-state index is 11.5. The molecular formula is C14H22N4O2. The van der Waals surface area contributed by atoms with Crippen molar-refractivity contribution in [3.05, 3.63) is 17.8 Å². The molecule has 0 spiro atoms. The molecule has 6 nitrogen and oxygen atoms in total. The fourth-order valence-electron chi connectivity index (χ4n) is 2.42. The van der Waals surface area contributed by atoms with Gasteiger partial charge in [-0.25, -0.2) is 9.78 Å². The Morgan fingerprint density at radius 2 is 2.20 bits per heavy atom. The van der Waals surface area contributed by atoms with E-state index in [1.165, 1.54) is 26.4 Å². The zero-order valence-corrected chi connectivity index (χ0v) is 11.9. The zero-order chi connectivity index (χ0) is 14.4. The maximum Gasteiger partial charge on any atom is 0.340 e. The molecule has 0 aliphatic carbocycles. The van der Waals surface area contributed by atoms with Gasteiger partial charge in [-0.15, -0.1) is 0 Å². The smallest absolute Gasteiger partial charge is 0.340 e. The lowest BCUT2D eigenvalue weighted by molar-refractivity contribution is 0.0602. The molecule has 0 amide bonds. The van der Waals surface area contributed by atoms with Crippen molar-refractivity contribution in [3.63, 3.8) is 0 Å². The summed E-state index contributed by atoms with van der Waals surface area (Å²) in [6.45, 7) is 4.05. The lowest BCUT2D eigenvalue weighted by atomic mass is 10.1. The molecule has 2 rings (SSSR count). The van der Waals surface area contributed by atoms with E-state index in [-0.39, 0.29) is 0 Å². The molecule has 3 N–H and O–H groups in total. The summed E-state index contributed by atoms with van der Waals surface area (Å²) in [4.78, 5) is 18.1. The van der Waals surface area contributed by atoms with Crippen LogP contribution in [0.15, 0.2) is 12.3 Å². The van der Waals surface area contributed by atoms with Crippen molar-refractivity contribution in [3.8, 4) is 0 Å². The van der Waals surface area contributed by atoms with E-state index in [4.69, 9.17) is 5.73 Å². The van der Waals surface area contributed by atoms with Crippen LogP contribution >= 0.6 is 0 Å². The predicted molar refractivity (Wildman–Crippen MR) is 78.8 cm³/mol. The highest BCUT2D eigenvalue weighted by Crippen LogP contribution is 2.20. The number of esters is 1. The van der Waals surface area contributed by atoms with Crippen molar-refractivity contribution in [1.29, 1.82) is 0 Å². The Balaban J connectivity index is 1.90. The molecule has 1 aliphatic rings. The molecule has 0 saturated carbocycles. The van der Waals surface area contributed by atoms with Crippen LogP contribution in [0.5, 0.6) is 0 Å². The minimum absolute atomic E-state index is 0.345. The second-order valence-electron chi connectivity index (χ2n) is 4.94. The highest BCUT2D eigenvalue weighted by molar-refractivity contribution is 5.97. The number of carbonyl (C=O) groups is 1. The molecule has 1 fully saturated rings. The molecule has 1 aromatic heterocycles. The summed E-state index contributed by atoms with van der Waals surface area (Å²) in [6.07, 6.45) is 5.45. The number of piperidine rings is 1. The molecule has 110 valence electrons. The van der Waals surface area contributed by atoms with Crippen molar-refractivity contribution in [2.45, 2.75) is 19.3 Å². The summed E-state index contributed by atoms with van der Waals surface area (Å²) >= 11 is 0. The van der Waals surface area contributed by atoms with Crippen molar-refractivity contribution in [1.82, 2.24) is 9.88 Å². The third kappa shape index (κ3) is 3.60. The fraction of sp³-hybridized carbons (Fsp3) is 0.571. The number of anilines is 2. The third-order valence-corrected chi connectivity index (χ3v) is 3.56. The Morgan fingerprint density at radius 3 is 2.90 bits per heavy atom. The third-order valence-electron chi connectivity index (χ3n) is 3.56. The molecule has 20 heavy (non-hydrogen) atoms. The highest BCUT2D eigenvalue weighted by Gasteiger charge is 2.14. The number of ether oxygens (including phenoxy) is 1. The van der Waals surface area contributed by atoms with E-state index in [9.17, 15) is 4.79 Å². The number of aromatic nitrogens is 1. The average molecular weight is 278 g/mol. The Bertz CT molecular complexity index is 458. The fourth-order valence-corrected chi connectivity index (χ4v) is 2.42. The largest absolute Gasteiger partial charge is 0.465 e. The average Bonchev–Trinajstić information content (AvgIpc) is 2.49. The van der Waals surface area contributed by atoms with Crippen molar-refractivity contribution in [2.24, 2.45) is 0 Å². The number of nitrogens with one attached hydrogen (secondary N) is 1. The first-order chi connectivity index (χ1) is 9.72.